The number of carboxylic acid groups (broad SMARTS) is 1. The Morgan fingerprint density at radius 3 is 2.42 bits per heavy atom. The van der Waals surface area contributed by atoms with Gasteiger partial charge in [0.1, 0.15) is 13.2 Å². The minimum atomic E-state index is -1.05. The molecule has 1 amide bonds. The SMILES string of the molecule is O=C(O)CCC(=O)NCC(=O)OCc1ccccc1. The largest absolute Gasteiger partial charge is 0.481 e. The van der Waals surface area contributed by atoms with E-state index in [9.17, 15) is 14.4 Å². The smallest absolute Gasteiger partial charge is 0.325 e. The first kappa shape index (κ1) is 14.7. The van der Waals surface area contributed by atoms with Gasteiger partial charge in [-0.15, -0.1) is 0 Å². The molecule has 0 spiro atoms. The quantitative estimate of drug-likeness (QED) is 0.708. The molecule has 102 valence electrons. The summed E-state index contributed by atoms with van der Waals surface area (Å²) in [6.45, 7) is -0.115. The Bertz CT molecular complexity index is 444. The lowest BCUT2D eigenvalue weighted by Crippen LogP contribution is -2.30. The van der Waals surface area contributed by atoms with E-state index in [1.165, 1.54) is 0 Å². The number of carboxylic acids is 1. The van der Waals surface area contributed by atoms with Crippen LogP contribution in [0.25, 0.3) is 0 Å². The van der Waals surface area contributed by atoms with E-state index in [2.05, 4.69) is 5.32 Å². The topological polar surface area (TPSA) is 92.7 Å². The van der Waals surface area contributed by atoms with E-state index < -0.39 is 17.8 Å². The van der Waals surface area contributed by atoms with Crippen molar-refractivity contribution < 1.29 is 24.2 Å². The number of aliphatic carboxylic acids is 1. The average molecular weight is 265 g/mol. The second-order valence-electron chi connectivity index (χ2n) is 3.82. The number of nitrogens with one attached hydrogen (secondary N) is 1. The van der Waals surface area contributed by atoms with Crippen LogP contribution in [0.15, 0.2) is 30.3 Å². The third-order valence-corrected chi connectivity index (χ3v) is 2.24. The highest BCUT2D eigenvalue weighted by Gasteiger charge is 2.08. The Hall–Kier alpha value is -2.37. The van der Waals surface area contributed by atoms with Crippen molar-refractivity contribution in [2.45, 2.75) is 19.4 Å². The van der Waals surface area contributed by atoms with Gasteiger partial charge in [-0.1, -0.05) is 30.3 Å². The highest BCUT2D eigenvalue weighted by Crippen LogP contribution is 2.00. The molecule has 0 unspecified atom stereocenters. The number of carbonyl (C=O) groups is 3. The molecule has 19 heavy (non-hydrogen) atoms. The molecule has 0 aromatic heterocycles. The summed E-state index contributed by atoms with van der Waals surface area (Å²) in [6.07, 6.45) is -0.411. The summed E-state index contributed by atoms with van der Waals surface area (Å²) in [7, 11) is 0. The van der Waals surface area contributed by atoms with Crippen molar-refractivity contribution in [1.29, 1.82) is 0 Å². The fourth-order valence-electron chi connectivity index (χ4n) is 1.27. The van der Waals surface area contributed by atoms with E-state index in [0.29, 0.717) is 0 Å². The van der Waals surface area contributed by atoms with Gasteiger partial charge in [-0.2, -0.15) is 0 Å². The van der Waals surface area contributed by atoms with Crippen LogP contribution in [0.2, 0.25) is 0 Å². The first-order valence-corrected chi connectivity index (χ1v) is 5.76. The van der Waals surface area contributed by atoms with Gasteiger partial charge in [0, 0.05) is 6.42 Å². The van der Waals surface area contributed by atoms with Crippen molar-refractivity contribution in [2.24, 2.45) is 0 Å². The molecule has 6 heteroatoms. The molecule has 0 bridgehead atoms. The molecule has 0 aliphatic carbocycles. The molecule has 0 saturated carbocycles. The summed E-state index contributed by atoms with van der Waals surface area (Å²) >= 11 is 0. The van der Waals surface area contributed by atoms with Crippen LogP contribution in [0.1, 0.15) is 18.4 Å². The molecular weight excluding hydrogens is 250 g/mol. The second kappa shape index (κ2) is 7.86. The Morgan fingerprint density at radius 2 is 1.79 bits per heavy atom. The molecule has 0 heterocycles. The molecular formula is C13H15NO5. The van der Waals surface area contributed by atoms with Crippen LogP contribution < -0.4 is 5.32 Å². The fraction of sp³-hybridized carbons (Fsp3) is 0.308. The van der Waals surface area contributed by atoms with Gasteiger partial charge in [0.15, 0.2) is 0 Å². The van der Waals surface area contributed by atoms with Gasteiger partial charge < -0.3 is 15.2 Å². The number of amides is 1. The van der Waals surface area contributed by atoms with Crippen LogP contribution in [-0.2, 0) is 25.7 Å². The third kappa shape index (κ3) is 6.82. The maximum atomic E-state index is 11.3. The van der Waals surface area contributed by atoms with Gasteiger partial charge in [-0.3, -0.25) is 14.4 Å². The second-order valence-corrected chi connectivity index (χ2v) is 3.82. The zero-order chi connectivity index (χ0) is 14.1. The first-order valence-electron chi connectivity index (χ1n) is 5.76. The van der Waals surface area contributed by atoms with Gasteiger partial charge in [-0.25, -0.2) is 0 Å². The Morgan fingerprint density at radius 1 is 1.11 bits per heavy atom. The number of hydrogen-bond donors (Lipinski definition) is 2. The van der Waals surface area contributed by atoms with Crippen molar-refractivity contribution in [2.75, 3.05) is 6.54 Å². The maximum absolute atomic E-state index is 11.3. The van der Waals surface area contributed by atoms with Gasteiger partial charge in [-0.05, 0) is 5.56 Å². The predicted molar refractivity (Wildman–Crippen MR) is 66.1 cm³/mol. The number of rotatable bonds is 7. The summed E-state index contributed by atoms with van der Waals surface area (Å²) < 4.78 is 4.93. The number of hydrogen-bond acceptors (Lipinski definition) is 4. The molecule has 0 radical (unpaired) electrons. The standard InChI is InChI=1S/C13H15NO5/c15-11(6-7-12(16)17)14-8-13(18)19-9-10-4-2-1-3-5-10/h1-5H,6-9H2,(H,14,15)(H,16,17). The summed E-state index contributed by atoms with van der Waals surface area (Å²) in [5, 5.41) is 10.7. The molecule has 6 nitrogen and oxygen atoms in total. The van der Waals surface area contributed by atoms with Crippen molar-refractivity contribution in [1.82, 2.24) is 5.32 Å². The van der Waals surface area contributed by atoms with Crippen molar-refractivity contribution in [3.05, 3.63) is 35.9 Å². The maximum Gasteiger partial charge on any atom is 0.325 e. The van der Waals surface area contributed by atoms with E-state index in [1.54, 1.807) is 0 Å². The summed E-state index contributed by atoms with van der Waals surface area (Å²) in [5.41, 5.74) is 0.855. The van der Waals surface area contributed by atoms with Crippen LogP contribution in [0.5, 0.6) is 0 Å². The molecule has 1 aromatic rings. The molecule has 1 rings (SSSR count). The minimum absolute atomic E-state index is 0.144. The van der Waals surface area contributed by atoms with Crippen LogP contribution in [-0.4, -0.2) is 29.5 Å². The summed E-state index contributed by atoms with van der Waals surface area (Å²) in [4.78, 5) is 32.7. The Labute approximate surface area is 110 Å². The average Bonchev–Trinajstić information content (AvgIpc) is 2.41. The van der Waals surface area contributed by atoms with E-state index in [0.717, 1.165) is 5.56 Å². The van der Waals surface area contributed by atoms with Gasteiger partial charge in [0.2, 0.25) is 5.91 Å². The molecule has 0 atom stereocenters. The predicted octanol–water partition coefficient (Wildman–Crippen LogP) is 0.711. The number of carbonyl (C=O) groups excluding carboxylic acids is 2. The Balaban J connectivity index is 2.17. The fourth-order valence-corrected chi connectivity index (χ4v) is 1.27. The molecule has 0 fully saturated rings. The normalized spacial score (nSPS) is 9.68. The van der Waals surface area contributed by atoms with E-state index >= 15 is 0 Å². The van der Waals surface area contributed by atoms with Crippen LogP contribution in [0, 0.1) is 0 Å². The lowest BCUT2D eigenvalue weighted by Gasteiger charge is -2.06. The molecule has 1 aromatic carbocycles. The zero-order valence-corrected chi connectivity index (χ0v) is 10.3. The minimum Gasteiger partial charge on any atom is -0.481 e. The van der Waals surface area contributed by atoms with Crippen LogP contribution in [0.3, 0.4) is 0 Å². The summed E-state index contributed by atoms with van der Waals surface area (Å²) in [5.74, 6) is -2.10. The zero-order valence-electron chi connectivity index (χ0n) is 10.3. The molecule has 0 aliphatic rings. The number of ether oxygens (including phenoxy) is 1. The van der Waals surface area contributed by atoms with Crippen LogP contribution >= 0.6 is 0 Å². The van der Waals surface area contributed by atoms with Gasteiger partial charge in [0.05, 0.1) is 6.42 Å². The van der Waals surface area contributed by atoms with Gasteiger partial charge in [0.25, 0.3) is 0 Å². The van der Waals surface area contributed by atoms with Crippen molar-refractivity contribution in [3.63, 3.8) is 0 Å². The van der Waals surface area contributed by atoms with Gasteiger partial charge >= 0.3 is 11.9 Å². The molecule has 0 aliphatic heterocycles. The van der Waals surface area contributed by atoms with E-state index in [4.69, 9.17) is 9.84 Å². The van der Waals surface area contributed by atoms with Crippen molar-refractivity contribution >= 4 is 17.8 Å². The number of benzene rings is 1. The highest BCUT2D eigenvalue weighted by molar-refractivity contribution is 5.84. The lowest BCUT2D eigenvalue weighted by atomic mass is 10.2. The van der Waals surface area contributed by atoms with E-state index in [-0.39, 0.29) is 26.0 Å². The summed E-state index contributed by atoms with van der Waals surface area (Å²) in [6, 6.07) is 9.15. The molecule has 2 N–H and O–H groups in total. The highest BCUT2D eigenvalue weighted by atomic mass is 16.5. The Kier molecular flexibility index (Phi) is 6.08. The third-order valence-electron chi connectivity index (χ3n) is 2.24. The lowest BCUT2D eigenvalue weighted by molar-refractivity contribution is -0.145. The number of esters is 1. The first-order chi connectivity index (χ1) is 9.08. The monoisotopic (exact) mass is 265 g/mol. The van der Waals surface area contributed by atoms with Crippen LogP contribution in [0.4, 0.5) is 0 Å². The molecule has 0 saturated heterocycles. The van der Waals surface area contributed by atoms with Crippen molar-refractivity contribution in [3.8, 4) is 0 Å². The van der Waals surface area contributed by atoms with E-state index in [1.807, 2.05) is 30.3 Å².